The number of nitrogens with zero attached hydrogens (tertiary/aromatic N) is 1. The van der Waals surface area contributed by atoms with Gasteiger partial charge in [0, 0.05) is 28.1 Å². The maximum absolute atomic E-state index is 6.28. The highest BCUT2D eigenvalue weighted by Gasteiger charge is 2.18. The normalized spacial score (nSPS) is 11.8. The number of hydrogen-bond acceptors (Lipinski definition) is 2. The number of hydrogen-bond donors (Lipinski definition) is 0. The van der Waals surface area contributed by atoms with Crippen LogP contribution in [0, 0.1) is 0 Å². The molecule has 0 atom stereocenters. The molecule has 0 unspecified atom stereocenters. The Hall–Kier alpha value is -7.03. The molecule has 2 heterocycles. The lowest BCUT2D eigenvalue weighted by Gasteiger charge is -2.17. The first-order valence-electron chi connectivity index (χ1n) is 18.1. The Morgan fingerprint density at radius 2 is 0.868 bits per heavy atom. The van der Waals surface area contributed by atoms with Crippen molar-refractivity contribution < 1.29 is 4.42 Å². The zero-order valence-electron chi connectivity index (χ0n) is 28.8. The molecule has 0 saturated carbocycles. The fourth-order valence-electron chi connectivity index (χ4n) is 8.36. The molecule has 0 aliphatic carbocycles. The van der Waals surface area contributed by atoms with Crippen molar-refractivity contribution >= 4 is 65.0 Å². The largest absolute Gasteiger partial charge is 0.456 e. The second-order valence-corrected chi connectivity index (χ2v) is 13.9. The lowest BCUT2D eigenvalue weighted by molar-refractivity contribution is 0.669. The molecule has 0 radical (unpaired) electrons. The van der Waals surface area contributed by atoms with Crippen LogP contribution in [-0.2, 0) is 0 Å². The Bertz CT molecular complexity index is 3140. The van der Waals surface area contributed by atoms with Crippen LogP contribution in [0.2, 0.25) is 0 Å². The van der Waals surface area contributed by atoms with E-state index in [1.807, 2.05) is 6.20 Å². The molecule has 0 aliphatic heterocycles. The summed E-state index contributed by atoms with van der Waals surface area (Å²) in [6.07, 6.45) is 2.01. The topological polar surface area (TPSA) is 26.0 Å². The van der Waals surface area contributed by atoms with Gasteiger partial charge in [-0.1, -0.05) is 152 Å². The van der Waals surface area contributed by atoms with Crippen molar-refractivity contribution in [2.75, 3.05) is 0 Å². The summed E-state index contributed by atoms with van der Waals surface area (Å²) in [5.41, 5.74) is 11.0. The van der Waals surface area contributed by atoms with Crippen LogP contribution in [0.25, 0.3) is 110 Å². The standard InChI is InChI=1S/C51H31NO/c1-2-12-36-30-49-46(28-35(36)11-1)45-29-37(25-27-48(45)53-49)38-24-26-47(52-31-38)51-43-17-7-5-15-41(43)50(42-16-6-8-18-44(42)51)34-22-20-33(21-23-34)40-19-9-13-32-10-3-4-14-39(32)40/h1-31H. The van der Waals surface area contributed by atoms with Gasteiger partial charge in [-0.2, -0.15) is 0 Å². The first-order valence-corrected chi connectivity index (χ1v) is 18.1. The van der Waals surface area contributed by atoms with E-state index in [0.29, 0.717) is 0 Å². The molecule has 53 heavy (non-hydrogen) atoms. The van der Waals surface area contributed by atoms with Crippen LogP contribution in [0.3, 0.4) is 0 Å². The summed E-state index contributed by atoms with van der Waals surface area (Å²) in [4.78, 5) is 5.15. The van der Waals surface area contributed by atoms with Gasteiger partial charge in [0.25, 0.3) is 0 Å². The van der Waals surface area contributed by atoms with E-state index < -0.39 is 0 Å². The van der Waals surface area contributed by atoms with Crippen LogP contribution in [0.1, 0.15) is 0 Å². The van der Waals surface area contributed by atoms with Gasteiger partial charge in [-0.15, -0.1) is 0 Å². The quantitative estimate of drug-likeness (QED) is 0.174. The van der Waals surface area contributed by atoms with Crippen LogP contribution in [0.4, 0.5) is 0 Å². The van der Waals surface area contributed by atoms with E-state index in [0.717, 1.165) is 44.3 Å². The Morgan fingerprint density at radius 1 is 0.321 bits per heavy atom. The SMILES string of the molecule is c1ccc2cc3c(cc2c1)oc1ccc(-c2ccc(-c4c5ccccc5c(-c5ccc(-c6cccc7ccccc67)cc5)c5ccccc45)nc2)cc13. The monoisotopic (exact) mass is 673 g/mol. The molecule has 0 spiro atoms. The molecule has 0 fully saturated rings. The van der Waals surface area contributed by atoms with Gasteiger partial charge >= 0.3 is 0 Å². The van der Waals surface area contributed by atoms with E-state index in [2.05, 4.69) is 182 Å². The molecular formula is C51H31NO. The smallest absolute Gasteiger partial charge is 0.136 e. The molecular weight excluding hydrogens is 643 g/mol. The van der Waals surface area contributed by atoms with E-state index in [-0.39, 0.29) is 0 Å². The number of furan rings is 1. The maximum Gasteiger partial charge on any atom is 0.136 e. The van der Waals surface area contributed by atoms with Gasteiger partial charge in [0.2, 0.25) is 0 Å². The highest BCUT2D eigenvalue weighted by atomic mass is 16.3. The molecule has 2 heteroatoms. The van der Waals surface area contributed by atoms with Crippen LogP contribution >= 0.6 is 0 Å². The van der Waals surface area contributed by atoms with Crippen molar-refractivity contribution in [2.45, 2.75) is 0 Å². The fourth-order valence-corrected chi connectivity index (χ4v) is 8.36. The number of pyridine rings is 1. The van der Waals surface area contributed by atoms with Crippen LogP contribution in [-0.4, -0.2) is 4.98 Å². The van der Waals surface area contributed by atoms with E-state index >= 15 is 0 Å². The zero-order chi connectivity index (χ0) is 34.9. The minimum Gasteiger partial charge on any atom is -0.456 e. The van der Waals surface area contributed by atoms with Crippen molar-refractivity contribution in [1.82, 2.24) is 4.98 Å². The third-order valence-corrected chi connectivity index (χ3v) is 10.9. The maximum atomic E-state index is 6.28. The average molecular weight is 674 g/mol. The number of aromatic nitrogens is 1. The summed E-state index contributed by atoms with van der Waals surface area (Å²) < 4.78 is 6.28. The molecule has 0 saturated heterocycles. The molecule has 0 bridgehead atoms. The fraction of sp³-hybridized carbons (Fsp3) is 0. The van der Waals surface area contributed by atoms with Gasteiger partial charge in [-0.3, -0.25) is 4.98 Å². The Balaban J connectivity index is 1.02. The number of fused-ring (bicyclic) bond motifs is 7. The minimum atomic E-state index is 0.893. The molecule has 11 aromatic rings. The second-order valence-electron chi connectivity index (χ2n) is 13.9. The second kappa shape index (κ2) is 11.8. The molecule has 11 rings (SSSR count). The van der Waals surface area contributed by atoms with Gasteiger partial charge < -0.3 is 4.42 Å². The van der Waals surface area contributed by atoms with Crippen LogP contribution < -0.4 is 0 Å². The Labute approximate surface area is 306 Å². The molecule has 2 nitrogen and oxygen atoms in total. The first-order chi connectivity index (χ1) is 26.3. The molecule has 2 aromatic heterocycles. The van der Waals surface area contributed by atoms with Gasteiger partial charge in [-0.05, 0) is 101 Å². The van der Waals surface area contributed by atoms with Crippen molar-refractivity contribution in [3.05, 3.63) is 188 Å². The summed E-state index contributed by atoms with van der Waals surface area (Å²) in [5.74, 6) is 0. The van der Waals surface area contributed by atoms with Gasteiger partial charge in [-0.25, -0.2) is 0 Å². The highest BCUT2D eigenvalue weighted by molar-refractivity contribution is 6.21. The van der Waals surface area contributed by atoms with Crippen LogP contribution in [0.15, 0.2) is 193 Å². The highest BCUT2D eigenvalue weighted by Crippen LogP contribution is 2.44. The van der Waals surface area contributed by atoms with Gasteiger partial charge in [0.05, 0.1) is 5.69 Å². The van der Waals surface area contributed by atoms with E-state index in [9.17, 15) is 0 Å². The van der Waals surface area contributed by atoms with Gasteiger partial charge in [0.1, 0.15) is 11.2 Å². The van der Waals surface area contributed by atoms with Crippen molar-refractivity contribution in [3.63, 3.8) is 0 Å². The van der Waals surface area contributed by atoms with Crippen molar-refractivity contribution in [1.29, 1.82) is 0 Å². The minimum absolute atomic E-state index is 0.893. The Morgan fingerprint density at radius 3 is 1.57 bits per heavy atom. The molecule has 9 aromatic carbocycles. The molecule has 0 amide bonds. The number of benzene rings is 9. The predicted molar refractivity (Wildman–Crippen MR) is 223 cm³/mol. The van der Waals surface area contributed by atoms with E-state index in [4.69, 9.17) is 9.40 Å². The lowest BCUT2D eigenvalue weighted by atomic mass is 9.86. The third kappa shape index (κ3) is 4.77. The van der Waals surface area contributed by atoms with Crippen LogP contribution in [0.5, 0.6) is 0 Å². The summed E-state index contributed by atoms with van der Waals surface area (Å²) >= 11 is 0. The Kier molecular flexibility index (Phi) is 6.59. The zero-order valence-corrected chi connectivity index (χ0v) is 28.8. The summed E-state index contributed by atoms with van der Waals surface area (Å²) in [7, 11) is 0. The average Bonchev–Trinajstić information content (AvgIpc) is 3.58. The summed E-state index contributed by atoms with van der Waals surface area (Å²) in [6, 6.07) is 65.4. The lowest BCUT2D eigenvalue weighted by Crippen LogP contribution is -1.93. The van der Waals surface area contributed by atoms with Crippen molar-refractivity contribution in [3.8, 4) is 44.6 Å². The van der Waals surface area contributed by atoms with Gasteiger partial charge in [0.15, 0.2) is 0 Å². The molecule has 0 N–H and O–H groups in total. The molecule has 246 valence electrons. The van der Waals surface area contributed by atoms with Crippen molar-refractivity contribution in [2.24, 2.45) is 0 Å². The summed E-state index contributed by atoms with van der Waals surface area (Å²) in [6.45, 7) is 0. The predicted octanol–water partition coefficient (Wildman–Crippen LogP) is 14.3. The number of rotatable bonds is 4. The van der Waals surface area contributed by atoms with E-state index in [1.54, 1.807) is 0 Å². The third-order valence-electron chi connectivity index (χ3n) is 10.9. The van der Waals surface area contributed by atoms with E-state index in [1.165, 1.54) is 65.3 Å². The first kappa shape index (κ1) is 29.7. The summed E-state index contributed by atoms with van der Waals surface area (Å²) in [5, 5.41) is 12.0. The molecule has 0 aliphatic rings.